The number of carbonyl (C=O) groups is 1. The van der Waals surface area contributed by atoms with Crippen LogP contribution in [0, 0.1) is 19.7 Å². The maximum Gasteiger partial charge on any atom is 0.322 e. The van der Waals surface area contributed by atoms with Gasteiger partial charge in [-0.25, -0.2) is 9.37 Å². The Kier molecular flexibility index (Phi) is 5.25. The number of hydrogen-bond donors (Lipinski definition) is 1. The zero-order valence-corrected chi connectivity index (χ0v) is 15.0. The van der Waals surface area contributed by atoms with E-state index in [2.05, 4.69) is 20.3 Å². The molecule has 0 saturated carbocycles. The summed E-state index contributed by atoms with van der Waals surface area (Å²) in [4.78, 5) is 25.0. The third-order valence-electron chi connectivity index (χ3n) is 3.74. The largest absolute Gasteiger partial charge is 0.480 e. The van der Waals surface area contributed by atoms with Gasteiger partial charge in [0.2, 0.25) is 5.88 Å². The van der Waals surface area contributed by atoms with Crippen molar-refractivity contribution in [1.29, 1.82) is 0 Å². The molecule has 0 bridgehead atoms. The molecule has 1 N–H and O–H groups in total. The number of amides is 1. The third kappa shape index (κ3) is 4.00. The first-order valence-electron chi connectivity index (χ1n) is 8.07. The van der Waals surface area contributed by atoms with Crippen LogP contribution in [-0.2, 0) is 0 Å². The number of nitrogens with one attached hydrogen (secondary N) is 1. The van der Waals surface area contributed by atoms with Crippen LogP contribution in [-0.4, -0.2) is 28.0 Å². The molecule has 1 amide bonds. The van der Waals surface area contributed by atoms with E-state index in [1.165, 1.54) is 25.4 Å². The van der Waals surface area contributed by atoms with Gasteiger partial charge in [-0.1, -0.05) is 12.1 Å². The molecule has 8 heteroatoms. The van der Waals surface area contributed by atoms with Crippen LogP contribution < -0.4 is 14.8 Å². The molecule has 3 aromatic rings. The normalized spacial score (nSPS) is 10.4. The van der Waals surface area contributed by atoms with Gasteiger partial charge in [-0.15, -0.1) is 0 Å². The topological polar surface area (TPSA) is 86.2 Å². The Balaban J connectivity index is 1.85. The van der Waals surface area contributed by atoms with Gasteiger partial charge in [0.25, 0.3) is 5.91 Å². The summed E-state index contributed by atoms with van der Waals surface area (Å²) in [5.74, 6) is -0.686. The molecule has 138 valence electrons. The molecule has 0 aliphatic carbocycles. The zero-order chi connectivity index (χ0) is 19.4. The van der Waals surface area contributed by atoms with Gasteiger partial charge < -0.3 is 14.8 Å². The van der Waals surface area contributed by atoms with E-state index in [9.17, 15) is 9.18 Å². The fourth-order valence-corrected chi connectivity index (χ4v) is 2.45. The minimum Gasteiger partial charge on any atom is -0.480 e. The highest BCUT2D eigenvalue weighted by Gasteiger charge is 2.17. The summed E-state index contributed by atoms with van der Waals surface area (Å²) in [6.07, 6.45) is 1.53. The number of aromatic nitrogens is 3. The number of aryl methyl sites for hydroxylation is 2. The Morgan fingerprint density at radius 1 is 1.07 bits per heavy atom. The zero-order valence-electron chi connectivity index (χ0n) is 15.0. The number of pyridine rings is 1. The van der Waals surface area contributed by atoms with Crippen LogP contribution >= 0.6 is 0 Å². The van der Waals surface area contributed by atoms with Crippen molar-refractivity contribution in [2.45, 2.75) is 13.8 Å². The number of halogens is 1. The molecule has 0 radical (unpaired) electrons. The fraction of sp³-hybridized carbons (Fsp3) is 0.158. The van der Waals surface area contributed by atoms with E-state index >= 15 is 0 Å². The summed E-state index contributed by atoms with van der Waals surface area (Å²) in [7, 11) is 1.44. The molecule has 27 heavy (non-hydrogen) atoms. The molecule has 0 saturated heterocycles. The molecule has 0 fully saturated rings. The van der Waals surface area contributed by atoms with Crippen LogP contribution in [0.5, 0.6) is 17.6 Å². The van der Waals surface area contributed by atoms with Crippen molar-refractivity contribution in [3.8, 4) is 17.6 Å². The Labute approximate surface area is 155 Å². The summed E-state index contributed by atoms with van der Waals surface area (Å²) >= 11 is 0. The van der Waals surface area contributed by atoms with E-state index in [1.54, 1.807) is 38.1 Å². The van der Waals surface area contributed by atoms with E-state index in [0.29, 0.717) is 17.1 Å². The maximum atomic E-state index is 13.7. The first-order valence-corrected chi connectivity index (χ1v) is 8.07. The first kappa shape index (κ1) is 18.2. The van der Waals surface area contributed by atoms with Crippen LogP contribution in [0.3, 0.4) is 0 Å². The van der Waals surface area contributed by atoms with Crippen LogP contribution in [0.15, 0.2) is 42.6 Å². The fourth-order valence-electron chi connectivity index (χ4n) is 2.45. The van der Waals surface area contributed by atoms with E-state index in [4.69, 9.17) is 9.47 Å². The number of ether oxygens (including phenoxy) is 2. The molecule has 0 aliphatic heterocycles. The van der Waals surface area contributed by atoms with Crippen molar-refractivity contribution in [3.63, 3.8) is 0 Å². The van der Waals surface area contributed by atoms with Crippen LogP contribution in [0.25, 0.3) is 0 Å². The van der Waals surface area contributed by atoms with Gasteiger partial charge in [-0.2, -0.15) is 9.97 Å². The molecule has 0 aliphatic rings. The van der Waals surface area contributed by atoms with Crippen molar-refractivity contribution >= 4 is 11.6 Å². The minimum atomic E-state index is -0.516. The van der Waals surface area contributed by atoms with Gasteiger partial charge in [0, 0.05) is 6.20 Å². The van der Waals surface area contributed by atoms with Gasteiger partial charge >= 0.3 is 6.01 Å². The van der Waals surface area contributed by atoms with Crippen molar-refractivity contribution in [2.24, 2.45) is 0 Å². The number of nitrogens with zero attached hydrogens (tertiary/aromatic N) is 3. The van der Waals surface area contributed by atoms with Crippen LogP contribution in [0.1, 0.15) is 21.7 Å². The van der Waals surface area contributed by atoms with Crippen molar-refractivity contribution in [3.05, 3.63) is 65.4 Å². The maximum absolute atomic E-state index is 13.7. The summed E-state index contributed by atoms with van der Waals surface area (Å²) < 4.78 is 24.2. The highest BCUT2D eigenvalue weighted by atomic mass is 19.1. The Hall–Kier alpha value is -3.55. The molecule has 1 aromatic carbocycles. The number of anilines is 1. The second-order valence-electron chi connectivity index (χ2n) is 5.60. The second-order valence-corrected chi connectivity index (χ2v) is 5.60. The van der Waals surface area contributed by atoms with E-state index in [0.717, 1.165) is 0 Å². The lowest BCUT2D eigenvalue weighted by molar-refractivity contribution is 0.102. The van der Waals surface area contributed by atoms with Gasteiger partial charge in [-0.3, -0.25) is 4.79 Å². The van der Waals surface area contributed by atoms with Crippen LogP contribution in [0.4, 0.5) is 10.1 Å². The Bertz CT molecular complexity index is 971. The van der Waals surface area contributed by atoms with Gasteiger partial charge in [-0.05, 0) is 38.1 Å². The Morgan fingerprint density at radius 2 is 1.78 bits per heavy atom. The Morgan fingerprint density at radius 3 is 2.44 bits per heavy atom. The van der Waals surface area contributed by atoms with Crippen molar-refractivity contribution in [2.75, 3.05) is 12.4 Å². The summed E-state index contributed by atoms with van der Waals surface area (Å²) in [6, 6.07) is 9.20. The number of hydrogen-bond acceptors (Lipinski definition) is 6. The van der Waals surface area contributed by atoms with Gasteiger partial charge in [0.1, 0.15) is 5.56 Å². The summed E-state index contributed by atoms with van der Waals surface area (Å²) in [6.45, 7) is 3.39. The molecule has 3 rings (SSSR count). The van der Waals surface area contributed by atoms with Gasteiger partial charge in [0.15, 0.2) is 11.6 Å². The van der Waals surface area contributed by atoms with E-state index in [1.807, 2.05) is 0 Å². The number of methoxy groups -OCH3 is 1. The number of benzene rings is 1. The van der Waals surface area contributed by atoms with E-state index < -0.39 is 11.7 Å². The first-order chi connectivity index (χ1) is 13.0. The predicted molar refractivity (Wildman–Crippen MR) is 96.7 cm³/mol. The minimum absolute atomic E-state index is 0.00735. The molecular formula is C19H17FN4O3. The molecule has 7 nitrogen and oxygen atoms in total. The smallest absolute Gasteiger partial charge is 0.322 e. The standard InChI is InChI=1S/C19H17FN4O3/c1-11-16(24-17(25)13-7-6-10-21-18(13)26-3)12(2)23-19(22-11)27-15-9-5-4-8-14(15)20/h4-10H,1-3H3,(H,24,25). The van der Waals surface area contributed by atoms with Crippen LogP contribution in [0.2, 0.25) is 0 Å². The molecule has 2 aromatic heterocycles. The molecule has 0 spiro atoms. The van der Waals surface area contributed by atoms with Gasteiger partial charge in [0.05, 0.1) is 24.2 Å². The lowest BCUT2D eigenvalue weighted by atomic mass is 10.2. The predicted octanol–water partition coefficient (Wildman–Crippen LogP) is 3.68. The van der Waals surface area contributed by atoms with Crippen molar-refractivity contribution in [1.82, 2.24) is 15.0 Å². The summed E-state index contributed by atoms with van der Waals surface area (Å²) in [5, 5.41) is 2.76. The average molecular weight is 368 g/mol. The molecule has 0 unspecified atom stereocenters. The van der Waals surface area contributed by atoms with Crippen molar-refractivity contribution < 1.29 is 18.7 Å². The number of rotatable bonds is 5. The van der Waals surface area contributed by atoms with E-state index in [-0.39, 0.29) is 23.2 Å². The quantitative estimate of drug-likeness (QED) is 0.739. The number of carbonyl (C=O) groups excluding carboxylic acids is 1. The molecule has 0 atom stereocenters. The lowest BCUT2D eigenvalue weighted by Gasteiger charge is -2.13. The highest BCUT2D eigenvalue weighted by Crippen LogP contribution is 2.26. The average Bonchev–Trinajstić information content (AvgIpc) is 2.66. The SMILES string of the molecule is COc1ncccc1C(=O)Nc1c(C)nc(Oc2ccccc2F)nc1C. The monoisotopic (exact) mass is 368 g/mol. The third-order valence-corrected chi connectivity index (χ3v) is 3.74. The number of para-hydroxylation sites is 1. The summed E-state index contributed by atoms with van der Waals surface area (Å²) in [5.41, 5.74) is 1.67. The molecule has 2 heterocycles. The highest BCUT2D eigenvalue weighted by molar-refractivity contribution is 6.06. The second kappa shape index (κ2) is 7.77. The lowest BCUT2D eigenvalue weighted by Crippen LogP contribution is -2.16. The molecular weight excluding hydrogens is 351 g/mol.